The summed E-state index contributed by atoms with van der Waals surface area (Å²) < 4.78 is 10.8. The first-order valence-corrected chi connectivity index (χ1v) is 12.2. The summed E-state index contributed by atoms with van der Waals surface area (Å²) in [5.74, 6) is 0. The molecule has 0 aliphatic heterocycles. The quantitative estimate of drug-likeness (QED) is 0.414. The number of rotatable bonds is 9. The summed E-state index contributed by atoms with van der Waals surface area (Å²) in [4.78, 5) is 25.1. The minimum Gasteiger partial charge on any atom is -0.444 e. The Balaban J connectivity index is 2.29. The zero-order valence-electron chi connectivity index (χ0n) is 22.0. The van der Waals surface area contributed by atoms with E-state index < -0.39 is 47.7 Å². The lowest BCUT2D eigenvalue weighted by molar-refractivity contribution is -0.0293. The van der Waals surface area contributed by atoms with Gasteiger partial charge in [0.15, 0.2) is 0 Å². The molecule has 0 aromatic heterocycles. The van der Waals surface area contributed by atoms with Crippen molar-refractivity contribution in [2.24, 2.45) is 0 Å². The Morgan fingerprint density at radius 1 is 0.667 bits per heavy atom. The zero-order valence-corrected chi connectivity index (χ0v) is 22.0. The maximum absolute atomic E-state index is 12.6. The van der Waals surface area contributed by atoms with Gasteiger partial charge >= 0.3 is 12.2 Å². The number of amides is 2. The van der Waals surface area contributed by atoms with Crippen LogP contribution in [0.1, 0.15) is 52.7 Å². The summed E-state index contributed by atoms with van der Waals surface area (Å²) in [6.07, 6.45) is -3.81. The van der Waals surface area contributed by atoms with E-state index in [0.29, 0.717) is 0 Å². The molecule has 0 aliphatic carbocycles. The van der Waals surface area contributed by atoms with E-state index in [4.69, 9.17) is 9.47 Å². The number of alkyl carbamates (subject to hydrolysis) is 2. The highest BCUT2D eigenvalue weighted by molar-refractivity contribution is 5.69. The summed E-state index contributed by atoms with van der Waals surface area (Å²) in [6, 6.07) is 16.8. The van der Waals surface area contributed by atoms with E-state index in [0.717, 1.165) is 11.1 Å². The van der Waals surface area contributed by atoms with E-state index in [-0.39, 0.29) is 12.8 Å². The van der Waals surface area contributed by atoms with Crippen molar-refractivity contribution in [2.45, 2.75) is 89.9 Å². The van der Waals surface area contributed by atoms with Crippen molar-refractivity contribution in [3.8, 4) is 0 Å². The van der Waals surface area contributed by atoms with Crippen molar-refractivity contribution in [3.05, 3.63) is 71.8 Å². The van der Waals surface area contributed by atoms with Crippen molar-refractivity contribution < 1.29 is 29.3 Å². The third-order valence-electron chi connectivity index (χ3n) is 5.18. The van der Waals surface area contributed by atoms with Crippen LogP contribution in [-0.4, -0.2) is 57.9 Å². The van der Waals surface area contributed by atoms with E-state index in [1.54, 1.807) is 41.5 Å². The second-order valence-corrected chi connectivity index (χ2v) is 10.9. The van der Waals surface area contributed by atoms with Gasteiger partial charge in [0.25, 0.3) is 0 Å². The molecule has 36 heavy (non-hydrogen) atoms. The van der Waals surface area contributed by atoms with Crippen LogP contribution >= 0.6 is 0 Å². The first kappa shape index (κ1) is 29.1. The third kappa shape index (κ3) is 10.7. The summed E-state index contributed by atoms with van der Waals surface area (Å²) in [5.41, 5.74) is 0.229. The Hall–Kier alpha value is -3.10. The van der Waals surface area contributed by atoms with Crippen molar-refractivity contribution >= 4 is 12.2 Å². The molecule has 8 heteroatoms. The van der Waals surface area contributed by atoms with Crippen molar-refractivity contribution in [1.29, 1.82) is 0 Å². The average molecular weight is 501 g/mol. The SMILES string of the molecule is CC(C)(C)OC(=O)NC(Cc1ccccc1)C(O)[C@H](O)[C@H](Cc1ccccc1)NC(=O)OC(C)(C)C. The van der Waals surface area contributed by atoms with E-state index >= 15 is 0 Å². The van der Waals surface area contributed by atoms with Crippen LogP contribution in [0.2, 0.25) is 0 Å². The Morgan fingerprint density at radius 3 is 1.25 bits per heavy atom. The molecule has 0 spiro atoms. The highest BCUT2D eigenvalue weighted by atomic mass is 16.6. The van der Waals surface area contributed by atoms with E-state index in [1.165, 1.54) is 0 Å². The van der Waals surface area contributed by atoms with Gasteiger partial charge in [-0.3, -0.25) is 0 Å². The van der Waals surface area contributed by atoms with E-state index in [2.05, 4.69) is 10.6 Å². The molecule has 0 saturated heterocycles. The molecule has 0 fully saturated rings. The topological polar surface area (TPSA) is 117 Å². The molecule has 2 aromatic carbocycles. The lowest BCUT2D eigenvalue weighted by Gasteiger charge is -2.34. The van der Waals surface area contributed by atoms with Crippen LogP contribution in [0.15, 0.2) is 60.7 Å². The largest absolute Gasteiger partial charge is 0.444 e. The molecule has 198 valence electrons. The van der Waals surface area contributed by atoms with Crippen LogP contribution in [0.3, 0.4) is 0 Å². The van der Waals surface area contributed by atoms with Gasteiger partial charge in [0.05, 0.1) is 12.1 Å². The van der Waals surface area contributed by atoms with Crippen LogP contribution in [-0.2, 0) is 22.3 Å². The number of hydrogen-bond donors (Lipinski definition) is 4. The predicted molar refractivity (Wildman–Crippen MR) is 139 cm³/mol. The molecule has 2 aromatic rings. The van der Waals surface area contributed by atoms with Crippen molar-refractivity contribution in [1.82, 2.24) is 10.6 Å². The number of aliphatic hydroxyl groups is 2. The number of aliphatic hydroxyl groups excluding tert-OH is 2. The van der Waals surface area contributed by atoms with Gasteiger partial charge in [-0.05, 0) is 65.5 Å². The normalized spacial score (nSPS) is 15.2. The first-order valence-electron chi connectivity index (χ1n) is 12.2. The zero-order chi connectivity index (χ0) is 26.9. The predicted octanol–water partition coefficient (Wildman–Crippen LogP) is 3.98. The molecule has 0 aliphatic rings. The lowest BCUT2D eigenvalue weighted by atomic mass is 9.91. The van der Waals surface area contributed by atoms with Gasteiger partial charge in [-0.25, -0.2) is 9.59 Å². The monoisotopic (exact) mass is 500 g/mol. The second-order valence-electron chi connectivity index (χ2n) is 10.9. The minimum absolute atomic E-state index is 0.239. The van der Waals surface area contributed by atoms with Gasteiger partial charge in [-0.15, -0.1) is 0 Å². The molecule has 2 amide bonds. The minimum atomic E-state index is -1.43. The highest BCUT2D eigenvalue weighted by Crippen LogP contribution is 2.17. The summed E-state index contributed by atoms with van der Waals surface area (Å²) >= 11 is 0. The first-order chi connectivity index (χ1) is 16.7. The molecule has 8 nitrogen and oxygen atoms in total. The van der Waals surface area contributed by atoms with Crippen LogP contribution in [0.5, 0.6) is 0 Å². The van der Waals surface area contributed by atoms with Crippen LogP contribution in [0, 0.1) is 0 Å². The van der Waals surface area contributed by atoms with E-state index in [1.807, 2.05) is 60.7 Å². The molecule has 4 atom stereocenters. The molecule has 2 rings (SSSR count). The number of ether oxygens (including phenoxy) is 2. The number of carbonyl (C=O) groups is 2. The second kappa shape index (κ2) is 12.7. The van der Waals surface area contributed by atoms with Gasteiger partial charge in [-0.1, -0.05) is 60.7 Å². The maximum atomic E-state index is 12.6. The molecular weight excluding hydrogens is 460 g/mol. The van der Waals surface area contributed by atoms with Gasteiger partial charge in [0.1, 0.15) is 23.4 Å². The fourth-order valence-corrected chi connectivity index (χ4v) is 3.64. The Morgan fingerprint density at radius 2 is 0.972 bits per heavy atom. The molecule has 0 bridgehead atoms. The van der Waals surface area contributed by atoms with Gasteiger partial charge in [0.2, 0.25) is 0 Å². The summed E-state index contributed by atoms with van der Waals surface area (Å²) in [6.45, 7) is 10.4. The fraction of sp³-hybridized carbons (Fsp3) is 0.500. The van der Waals surface area contributed by atoms with Crippen molar-refractivity contribution in [3.63, 3.8) is 0 Å². The van der Waals surface area contributed by atoms with Crippen LogP contribution < -0.4 is 10.6 Å². The standard InChI is InChI=1S/C28H40N2O6/c1-27(2,3)35-25(33)29-21(17-19-13-9-7-10-14-19)23(31)24(32)22(18-20-15-11-8-12-16-20)30-26(34)36-28(4,5)6/h7-16,21-24,31-32H,17-18H2,1-6H3,(H,29,33)(H,30,34)/t21-,22?,23+,24?/m0/s1. The van der Waals surface area contributed by atoms with E-state index in [9.17, 15) is 19.8 Å². The fourth-order valence-electron chi connectivity index (χ4n) is 3.64. The number of nitrogens with one attached hydrogen (secondary N) is 2. The number of hydrogen-bond acceptors (Lipinski definition) is 6. The van der Waals surface area contributed by atoms with Crippen LogP contribution in [0.25, 0.3) is 0 Å². The van der Waals surface area contributed by atoms with Gasteiger partial charge < -0.3 is 30.3 Å². The van der Waals surface area contributed by atoms with Crippen molar-refractivity contribution in [2.75, 3.05) is 0 Å². The number of carbonyl (C=O) groups excluding carboxylic acids is 2. The Bertz CT molecular complexity index is 874. The molecule has 2 unspecified atom stereocenters. The molecule has 0 heterocycles. The average Bonchev–Trinajstić information content (AvgIpc) is 2.76. The van der Waals surface area contributed by atoms with Crippen LogP contribution in [0.4, 0.5) is 9.59 Å². The molecule has 4 N–H and O–H groups in total. The maximum Gasteiger partial charge on any atom is 0.407 e. The summed E-state index contributed by atoms with van der Waals surface area (Å²) in [7, 11) is 0. The molecule has 0 radical (unpaired) electrons. The Labute approximate surface area is 214 Å². The summed E-state index contributed by atoms with van der Waals surface area (Å²) in [5, 5.41) is 27.9. The Kier molecular flexibility index (Phi) is 10.3. The molecular formula is C28H40N2O6. The third-order valence-corrected chi connectivity index (χ3v) is 5.18. The number of benzene rings is 2. The highest BCUT2D eigenvalue weighted by Gasteiger charge is 2.36. The lowest BCUT2D eigenvalue weighted by Crippen LogP contribution is -2.58. The van der Waals surface area contributed by atoms with Gasteiger partial charge in [0, 0.05) is 0 Å². The molecule has 0 saturated carbocycles. The van der Waals surface area contributed by atoms with Gasteiger partial charge in [-0.2, -0.15) is 0 Å². The smallest absolute Gasteiger partial charge is 0.407 e.